The summed E-state index contributed by atoms with van der Waals surface area (Å²) in [6.07, 6.45) is 1.51. The summed E-state index contributed by atoms with van der Waals surface area (Å²) in [6, 6.07) is 22.5. The topological polar surface area (TPSA) is 55.7 Å². The van der Waals surface area contributed by atoms with Gasteiger partial charge in [0, 0.05) is 10.9 Å². The fourth-order valence-electron chi connectivity index (χ4n) is 3.49. The van der Waals surface area contributed by atoms with E-state index in [9.17, 15) is 4.79 Å². The number of Topliss-reactive ketones (excluding diaryl/α,β-unsaturated/α-hetero) is 1. The number of nitrogens with zero attached hydrogens (tertiary/aromatic N) is 1. The summed E-state index contributed by atoms with van der Waals surface area (Å²) in [5.74, 6) is 1.16. The molecule has 0 saturated heterocycles. The predicted molar refractivity (Wildman–Crippen MR) is 125 cm³/mol. The Morgan fingerprint density at radius 3 is 2.68 bits per heavy atom. The molecular formula is C25H15Cl2NO3. The van der Waals surface area contributed by atoms with Crippen LogP contribution in [-0.2, 0) is 0 Å². The maximum atomic E-state index is 12.6. The molecule has 4 nitrogen and oxygen atoms in total. The first-order valence-corrected chi connectivity index (χ1v) is 10.3. The molecule has 0 aliphatic carbocycles. The van der Waals surface area contributed by atoms with Crippen LogP contribution in [0.15, 0.2) is 86.6 Å². The minimum atomic E-state index is -0.207. The largest absolute Gasteiger partial charge is 0.455 e. The molecule has 0 aliphatic heterocycles. The number of rotatable bonds is 5. The van der Waals surface area contributed by atoms with E-state index in [0.29, 0.717) is 32.7 Å². The number of carbonyl (C=O) groups excluding carboxylic acids is 1. The van der Waals surface area contributed by atoms with Gasteiger partial charge in [-0.05, 0) is 47.2 Å². The standard InChI is InChI=1S/C25H15Cl2NO3/c26-20-7-3-6-18(25(20)27)22-11-9-16(30-22)13-28-14-21(29)24-12-19-17-5-2-1-4-15(17)8-10-23(19)31-24/h1-13H,14H2. The number of fused-ring (bicyclic) bond motifs is 3. The van der Waals surface area contributed by atoms with E-state index < -0.39 is 0 Å². The Hall–Kier alpha value is -3.34. The number of carbonyl (C=O) groups is 1. The highest BCUT2D eigenvalue weighted by atomic mass is 35.5. The van der Waals surface area contributed by atoms with Crippen LogP contribution in [-0.4, -0.2) is 18.5 Å². The Morgan fingerprint density at radius 2 is 1.77 bits per heavy atom. The number of halogens is 2. The molecule has 31 heavy (non-hydrogen) atoms. The van der Waals surface area contributed by atoms with Gasteiger partial charge in [0.2, 0.25) is 5.78 Å². The third-order valence-corrected chi connectivity index (χ3v) is 5.82. The molecule has 3 aromatic carbocycles. The monoisotopic (exact) mass is 447 g/mol. The Kier molecular flexibility index (Phi) is 5.10. The van der Waals surface area contributed by atoms with Gasteiger partial charge in [-0.2, -0.15) is 0 Å². The van der Waals surface area contributed by atoms with E-state index in [1.165, 1.54) is 6.21 Å². The minimum Gasteiger partial charge on any atom is -0.455 e. The van der Waals surface area contributed by atoms with Crippen LogP contribution in [0.25, 0.3) is 33.1 Å². The van der Waals surface area contributed by atoms with Crippen LogP contribution < -0.4 is 0 Å². The Bertz CT molecular complexity index is 1460. The van der Waals surface area contributed by atoms with Crippen LogP contribution in [0.4, 0.5) is 0 Å². The molecule has 0 bridgehead atoms. The van der Waals surface area contributed by atoms with E-state index in [1.807, 2.05) is 42.5 Å². The van der Waals surface area contributed by atoms with Crippen LogP contribution in [0, 0.1) is 0 Å². The molecule has 5 rings (SSSR count). The molecule has 0 radical (unpaired) electrons. The molecular weight excluding hydrogens is 433 g/mol. The second kappa shape index (κ2) is 8.06. The summed E-state index contributed by atoms with van der Waals surface area (Å²) in [5.41, 5.74) is 1.37. The first-order chi connectivity index (χ1) is 15.1. The molecule has 0 fully saturated rings. The fourth-order valence-corrected chi connectivity index (χ4v) is 3.88. The molecule has 2 aromatic heterocycles. The van der Waals surface area contributed by atoms with E-state index >= 15 is 0 Å². The number of ketones is 1. The van der Waals surface area contributed by atoms with Crippen molar-refractivity contribution >= 4 is 56.9 Å². The van der Waals surface area contributed by atoms with Crippen molar-refractivity contribution in [1.29, 1.82) is 0 Å². The molecule has 0 aliphatic rings. The van der Waals surface area contributed by atoms with Crippen molar-refractivity contribution in [2.75, 3.05) is 6.54 Å². The van der Waals surface area contributed by atoms with Crippen LogP contribution >= 0.6 is 23.2 Å². The second-order valence-corrected chi connectivity index (χ2v) is 7.79. The Morgan fingerprint density at radius 1 is 0.903 bits per heavy atom. The van der Waals surface area contributed by atoms with Crippen LogP contribution in [0.5, 0.6) is 0 Å². The maximum Gasteiger partial charge on any atom is 0.219 e. The van der Waals surface area contributed by atoms with E-state index in [0.717, 1.165) is 16.2 Å². The molecule has 0 unspecified atom stereocenters. The molecule has 152 valence electrons. The van der Waals surface area contributed by atoms with Crippen molar-refractivity contribution in [3.8, 4) is 11.3 Å². The lowest BCUT2D eigenvalue weighted by Crippen LogP contribution is -2.01. The van der Waals surface area contributed by atoms with Gasteiger partial charge in [-0.1, -0.05) is 59.6 Å². The quantitative estimate of drug-likeness (QED) is 0.207. The lowest BCUT2D eigenvalue weighted by Gasteiger charge is -2.01. The summed E-state index contributed by atoms with van der Waals surface area (Å²) >= 11 is 12.3. The van der Waals surface area contributed by atoms with Gasteiger partial charge in [-0.3, -0.25) is 9.79 Å². The Balaban J connectivity index is 1.33. The zero-order chi connectivity index (χ0) is 21.4. The average molecular weight is 448 g/mol. The third kappa shape index (κ3) is 3.76. The summed E-state index contributed by atoms with van der Waals surface area (Å²) in [7, 11) is 0. The van der Waals surface area contributed by atoms with Crippen LogP contribution in [0.3, 0.4) is 0 Å². The van der Waals surface area contributed by atoms with Gasteiger partial charge in [-0.15, -0.1) is 0 Å². The van der Waals surface area contributed by atoms with Gasteiger partial charge in [0.05, 0.1) is 16.3 Å². The van der Waals surface area contributed by atoms with Gasteiger partial charge in [0.1, 0.15) is 23.6 Å². The number of hydrogen-bond acceptors (Lipinski definition) is 4. The number of aliphatic imine (C=N–C) groups is 1. The van der Waals surface area contributed by atoms with Crippen LogP contribution in [0.2, 0.25) is 10.0 Å². The normalized spacial score (nSPS) is 11.7. The molecule has 2 heterocycles. The number of benzene rings is 3. The zero-order valence-corrected chi connectivity index (χ0v) is 17.7. The summed E-state index contributed by atoms with van der Waals surface area (Å²) in [4.78, 5) is 16.8. The van der Waals surface area contributed by atoms with E-state index in [-0.39, 0.29) is 18.1 Å². The van der Waals surface area contributed by atoms with E-state index in [2.05, 4.69) is 4.99 Å². The van der Waals surface area contributed by atoms with Gasteiger partial charge >= 0.3 is 0 Å². The first kappa shape index (κ1) is 19.6. The molecule has 0 atom stereocenters. The molecule has 0 amide bonds. The highest BCUT2D eigenvalue weighted by Crippen LogP contribution is 2.34. The minimum absolute atomic E-state index is 0.0499. The molecule has 0 N–H and O–H groups in total. The molecule has 0 saturated carbocycles. The highest BCUT2D eigenvalue weighted by molar-refractivity contribution is 6.43. The number of furan rings is 2. The highest BCUT2D eigenvalue weighted by Gasteiger charge is 2.14. The summed E-state index contributed by atoms with van der Waals surface area (Å²) in [6.45, 7) is -0.0499. The molecule has 0 spiro atoms. The van der Waals surface area contributed by atoms with E-state index in [1.54, 1.807) is 30.3 Å². The lowest BCUT2D eigenvalue weighted by atomic mass is 10.1. The average Bonchev–Trinajstić information content (AvgIpc) is 3.43. The van der Waals surface area contributed by atoms with Crippen molar-refractivity contribution in [2.24, 2.45) is 4.99 Å². The molecule has 5 aromatic rings. The third-order valence-electron chi connectivity index (χ3n) is 5.00. The van der Waals surface area contributed by atoms with Crippen LogP contribution in [0.1, 0.15) is 16.3 Å². The first-order valence-electron chi connectivity index (χ1n) is 9.59. The SMILES string of the molecule is O=C(CN=Cc1ccc(-c2cccc(Cl)c2Cl)o1)c1cc2c(ccc3ccccc32)o1. The Labute approximate surface area is 187 Å². The van der Waals surface area contributed by atoms with E-state index in [4.69, 9.17) is 32.0 Å². The number of hydrogen-bond donors (Lipinski definition) is 0. The van der Waals surface area contributed by atoms with Crippen molar-refractivity contribution in [1.82, 2.24) is 0 Å². The van der Waals surface area contributed by atoms with Gasteiger partial charge in [0.25, 0.3) is 0 Å². The van der Waals surface area contributed by atoms with Gasteiger partial charge < -0.3 is 8.83 Å². The summed E-state index contributed by atoms with van der Waals surface area (Å²) < 4.78 is 11.5. The van der Waals surface area contributed by atoms with Gasteiger partial charge in [0.15, 0.2) is 5.76 Å². The smallest absolute Gasteiger partial charge is 0.219 e. The second-order valence-electron chi connectivity index (χ2n) is 7.01. The fraction of sp³-hybridized carbons (Fsp3) is 0.0400. The van der Waals surface area contributed by atoms with Crippen molar-refractivity contribution in [3.05, 3.63) is 94.4 Å². The lowest BCUT2D eigenvalue weighted by molar-refractivity contribution is 0.0978. The maximum absolute atomic E-state index is 12.6. The van der Waals surface area contributed by atoms with Crippen molar-refractivity contribution in [3.63, 3.8) is 0 Å². The summed E-state index contributed by atoms with van der Waals surface area (Å²) in [5, 5.41) is 3.94. The van der Waals surface area contributed by atoms with Crippen molar-refractivity contribution in [2.45, 2.75) is 0 Å². The van der Waals surface area contributed by atoms with Gasteiger partial charge in [-0.25, -0.2) is 0 Å². The van der Waals surface area contributed by atoms with Crippen molar-refractivity contribution < 1.29 is 13.6 Å². The predicted octanol–water partition coefficient (Wildman–Crippen LogP) is 7.45. The zero-order valence-electron chi connectivity index (χ0n) is 16.1. The molecule has 6 heteroatoms.